The molecule has 186 valence electrons. The number of rotatable bonds is 7. The molecule has 34 heavy (non-hydrogen) atoms. The van der Waals surface area contributed by atoms with Crippen molar-refractivity contribution in [3.05, 3.63) is 42.1 Å². The number of likely N-dealkylation sites (N-methyl/N-ethyl adjacent to an activating group) is 1. The van der Waals surface area contributed by atoms with Gasteiger partial charge in [-0.25, -0.2) is 22.8 Å². The number of nitrogens with one attached hydrogen (secondary N) is 2. The number of hydrogen-bond acceptors (Lipinski definition) is 6. The van der Waals surface area contributed by atoms with Gasteiger partial charge < -0.3 is 10.2 Å². The maximum atomic E-state index is 15.1. The van der Waals surface area contributed by atoms with E-state index in [4.69, 9.17) is 0 Å². The van der Waals surface area contributed by atoms with Gasteiger partial charge in [0.2, 0.25) is 0 Å². The van der Waals surface area contributed by atoms with E-state index in [0.29, 0.717) is 11.3 Å². The zero-order valence-electron chi connectivity index (χ0n) is 18.8. The average molecular weight is 502 g/mol. The molecule has 0 spiro atoms. The molecule has 4 rings (SSSR count). The van der Waals surface area contributed by atoms with Crippen molar-refractivity contribution in [2.24, 2.45) is 5.92 Å². The Balaban J connectivity index is 1.61. The van der Waals surface area contributed by atoms with Crippen LogP contribution in [0.25, 0.3) is 0 Å². The van der Waals surface area contributed by atoms with Gasteiger partial charge >= 0.3 is 6.18 Å². The third-order valence-electron chi connectivity index (χ3n) is 6.52. The summed E-state index contributed by atoms with van der Waals surface area (Å²) in [5.41, 5.74) is 1.09. The third-order valence-corrected chi connectivity index (χ3v) is 7.89. The molecule has 2 aliphatic carbocycles. The first-order valence-corrected chi connectivity index (χ1v) is 12.6. The lowest BCUT2D eigenvalue weighted by Gasteiger charge is -2.41. The van der Waals surface area contributed by atoms with Crippen molar-refractivity contribution in [2.75, 3.05) is 24.1 Å². The number of benzene rings is 1. The zero-order chi connectivity index (χ0) is 24.7. The van der Waals surface area contributed by atoms with Crippen molar-refractivity contribution >= 4 is 21.5 Å². The minimum Gasteiger partial charge on any atom is -0.380 e. The summed E-state index contributed by atoms with van der Waals surface area (Å²) in [5, 5.41) is 3.26. The van der Waals surface area contributed by atoms with Gasteiger partial charge in [0.1, 0.15) is 22.9 Å². The van der Waals surface area contributed by atoms with Crippen LogP contribution in [0.5, 0.6) is 0 Å². The van der Waals surface area contributed by atoms with Crippen molar-refractivity contribution < 1.29 is 26.0 Å². The van der Waals surface area contributed by atoms with Crippen molar-refractivity contribution in [1.82, 2.24) is 14.9 Å². The molecule has 3 atom stereocenters. The minimum atomic E-state index is -4.25. The second-order valence-corrected chi connectivity index (χ2v) is 10.8. The molecule has 12 heteroatoms. The molecule has 2 aromatic rings. The SMILES string of the molecule is CN(C)[C@H]1C[C@@H](C(F)(F)F)CC[C@@H]1Nc1cc(F)c(S(=O)(=O)Nc2ccncn2)cc1C1CC1. The first kappa shape index (κ1) is 24.6. The number of hydrogen-bond donors (Lipinski definition) is 2. The molecule has 0 radical (unpaired) electrons. The van der Waals surface area contributed by atoms with Gasteiger partial charge in [-0.1, -0.05) is 0 Å². The highest BCUT2D eigenvalue weighted by atomic mass is 32.2. The van der Waals surface area contributed by atoms with Crippen molar-refractivity contribution in [1.29, 1.82) is 0 Å². The topological polar surface area (TPSA) is 87.2 Å². The summed E-state index contributed by atoms with van der Waals surface area (Å²) < 4.78 is 83.0. The molecular formula is C22H27F4N5O2S. The fraction of sp³-hybridized carbons (Fsp3) is 0.545. The first-order chi connectivity index (χ1) is 16.0. The average Bonchev–Trinajstić information content (AvgIpc) is 3.58. The highest BCUT2D eigenvalue weighted by Gasteiger charge is 2.45. The summed E-state index contributed by atoms with van der Waals surface area (Å²) in [6.45, 7) is 0. The molecule has 2 aliphatic rings. The molecule has 2 saturated carbocycles. The van der Waals surface area contributed by atoms with Crippen molar-refractivity contribution in [2.45, 2.75) is 61.2 Å². The smallest absolute Gasteiger partial charge is 0.380 e. The van der Waals surface area contributed by atoms with Gasteiger partial charge in [0.05, 0.1) is 5.92 Å². The Morgan fingerprint density at radius 1 is 1.12 bits per heavy atom. The van der Waals surface area contributed by atoms with E-state index in [1.165, 1.54) is 24.7 Å². The molecule has 0 amide bonds. The Morgan fingerprint density at radius 2 is 1.85 bits per heavy atom. The summed E-state index contributed by atoms with van der Waals surface area (Å²) in [6, 6.07) is 3.09. The van der Waals surface area contributed by atoms with E-state index < -0.39 is 38.9 Å². The monoisotopic (exact) mass is 501 g/mol. The first-order valence-electron chi connectivity index (χ1n) is 11.1. The largest absolute Gasteiger partial charge is 0.391 e. The van der Waals surface area contributed by atoms with E-state index >= 15 is 4.39 Å². The summed E-state index contributed by atoms with van der Waals surface area (Å²) in [7, 11) is -0.784. The molecule has 2 N–H and O–H groups in total. The summed E-state index contributed by atoms with van der Waals surface area (Å²) in [6.07, 6.45) is 0.149. The van der Waals surface area contributed by atoms with Gasteiger partial charge in [0, 0.05) is 24.0 Å². The molecule has 0 aliphatic heterocycles. The number of nitrogens with zero attached hydrogens (tertiary/aromatic N) is 3. The molecule has 0 unspecified atom stereocenters. The predicted molar refractivity (Wildman–Crippen MR) is 119 cm³/mol. The molecule has 1 aromatic heterocycles. The number of sulfonamides is 1. The molecule has 0 bridgehead atoms. The quantitative estimate of drug-likeness (QED) is 0.548. The van der Waals surface area contributed by atoms with E-state index in [-0.39, 0.29) is 37.0 Å². The van der Waals surface area contributed by atoms with E-state index in [0.717, 1.165) is 18.9 Å². The van der Waals surface area contributed by atoms with Crippen LogP contribution in [0.3, 0.4) is 0 Å². The predicted octanol–water partition coefficient (Wildman–Crippen LogP) is 4.37. The maximum absolute atomic E-state index is 15.1. The normalized spacial score (nSPS) is 23.7. The highest BCUT2D eigenvalue weighted by molar-refractivity contribution is 7.92. The second kappa shape index (κ2) is 9.29. The summed E-state index contributed by atoms with van der Waals surface area (Å²) in [4.78, 5) is 8.79. The Labute approximate surface area is 196 Å². The molecular weight excluding hydrogens is 474 g/mol. The van der Waals surface area contributed by atoms with Crippen LogP contribution in [0.4, 0.5) is 29.1 Å². The van der Waals surface area contributed by atoms with Crippen LogP contribution in [0, 0.1) is 11.7 Å². The second-order valence-electron chi connectivity index (χ2n) is 9.18. The minimum absolute atomic E-state index is 0.0118. The highest BCUT2D eigenvalue weighted by Crippen LogP contribution is 2.46. The van der Waals surface area contributed by atoms with Crippen molar-refractivity contribution in [3.63, 3.8) is 0 Å². The number of anilines is 2. The Kier molecular flexibility index (Phi) is 6.74. The van der Waals surface area contributed by atoms with Crippen molar-refractivity contribution in [3.8, 4) is 0 Å². The van der Waals surface area contributed by atoms with Crippen LogP contribution in [0.1, 0.15) is 43.6 Å². The van der Waals surface area contributed by atoms with E-state index in [2.05, 4.69) is 20.0 Å². The van der Waals surface area contributed by atoms with Gasteiger partial charge in [-0.15, -0.1) is 0 Å². The Hall–Kier alpha value is -2.47. The number of aromatic nitrogens is 2. The fourth-order valence-electron chi connectivity index (χ4n) is 4.56. The van der Waals surface area contributed by atoms with Crippen LogP contribution in [0.15, 0.2) is 35.6 Å². The molecule has 7 nitrogen and oxygen atoms in total. The van der Waals surface area contributed by atoms with E-state index in [1.807, 2.05) is 0 Å². The third kappa shape index (κ3) is 5.43. The Morgan fingerprint density at radius 3 is 2.44 bits per heavy atom. The van der Waals surface area contributed by atoms with Gasteiger partial charge in [-0.2, -0.15) is 13.2 Å². The lowest BCUT2D eigenvalue weighted by atomic mass is 9.81. The van der Waals surface area contributed by atoms with Gasteiger partial charge in [0.15, 0.2) is 0 Å². The van der Waals surface area contributed by atoms with Crippen LogP contribution in [-0.2, 0) is 10.0 Å². The lowest BCUT2D eigenvalue weighted by molar-refractivity contribution is -0.186. The summed E-state index contributed by atoms with van der Waals surface area (Å²) in [5.74, 6) is -2.24. The van der Waals surface area contributed by atoms with Gasteiger partial charge in [-0.05, 0) is 75.9 Å². The standard InChI is InChI=1S/C22H27F4N5O2S/c1-31(2)19-9-14(22(24,25)26)5-6-17(19)29-18-11-16(23)20(10-15(18)13-3-4-13)34(32,33)30-21-7-8-27-12-28-21/h7-8,10-14,17,19,29H,3-6,9H2,1-2H3,(H,27,28,30)/t14-,17-,19-/m0/s1. The molecule has 1 aromatic carbocycles. The van der Waals surface area contributed by atoms with Crippen LogP contribution < -0.4 is 10.0 Å². The van der Waals surface area contributed by atoms with E-state index in [1.54, 1.807) is 19.0 Å². The van der Waals surface area contributed by atoms with Crippen LogP contribution >= 0.6 is 0 Å². The van der Waals surface area contributed by atoms with Crippen LogP contribution in [-0.4, -0.2) is 55.6 Å². The number of alkyl halides is 3. The molecule has 1 heterocycles. The Bertz CT molecular complexity index is 1120. The van der Waals surface area contributed by atoms with Gasteiger partial charge in [-0.3, -0.25) is 4.72 Å². The molecule has 2 fully saturated rings. The van der Waals surface area contributed by atoms with Gasteiger partial charge in [0.25, 0.3) is 10.0 Å². The van der Waals surface area contributed by atoms with E-state index in [9.17, 15) is 21.6 Å². The summed E-state index contributed by atoms with van der Waals surface area (Å²) >= 11 is 0. The number of halogens is 4. The zero-order valence-corrected chi connectivity index (χ0v) is 19.6. The fourth-order valence-corrected chi connectivity index (χ4v) is 5.66. The maximum Gasteiger partial charge on any atom is 0.391 e. The molecule has 0 saturated heterocycles. The lowest BCUT2D eigenvalue weighted by Crippen LogP contribution is -2.49. The van der Waals surface area contributed by atoms with Crippen LogP contribution in [0.2, 0.25) is 0 Å².